The Labute approximate surface area is 85.1 Å². The van der Waals surface area contributed by atoms with Crippen molar-refractivity contribution in [1.29, 1.82) is 5.26 Å². The molecule has 1 aromatic heterocycles. The van der Waals surface area contributed by atoms with Crippen LogP contribution >= 0.6 is 11.6 Å². The Morgan fingerprint density at radius 1 is 1.64 bits per heavy atom. The molecule has 14 heavy (non-hydrogen) atoms. The van der Waals surface area contributed by atoms with Crippen molar-refractivity contribution >= 4 is 11.6 Å². The van der Waals surface area contributed by atoms with E-state index >= 15 is 0 Å². The van der Waals surface area contributed by atoms with Crippen LogP contribution in [0.3, 0.4) is 0 Å². The van der Waals surface area contributed by atoms with Gasteiger partial charge in [-0.25, -0.2) is 8.78 Å². The first kappa shape index (κ1) is 10.9. The van der Waals surface area contributed by atoms with Gasteiger partial charge < -0.3 is 0 Å². The lowest BCUT2D eigenvalue weighted by molar-refractivity contribution is 0.146. The van der Waals surface area contributed by atoms with Gasteiger partial charge in [-0.15, -0.1) is 0 Å². The van der Waals surface area contributed by atoms with Gasteiger partial charge in [0.05, 0.1) is 17.5 Å². The molecule has 0 aliphatic heterocycles. The predicted molar refractivity (Wildman–Crippen MR) is 48.3 cm³/mol. The fourth-order valence-corrected chi connectivity index (χ4v) is 1.42. The topological polar surface area (TPSA) is 36.7 Å². The number of aromatic nitrogens is 1. The van der Waals surface area contributed by atoms with Crippen LogP contribution in [-0.4, -0.2) is 4.98 Å². The zero-order valence-corrected chi connectivity index (χ0v) is 8.15. The molecule has 0 fully saturated rings. The average molecular weight is 217 g/mol. The molecule has 0 N–H and O–H groups in total. The van der Waals surface area contributed by atoms with Crippen molar-refractivity contribution in [2.45, 2.75) is 19.8 Å². The summed E-state index contributed by atoms with van der Waals surface area (Å²) in [6, 6.07) is 1.87. The molecule has 2 nitrogen and oxygen atoms in total. The summed E-state index contributed by atoms with van der Waals surface area (Å²) in [7, 11) is 0. The van der Waals surface area contributed by atoms with Gasteiger partial charge in [-0.2, -0.15) is 5.26 Å². The second kappa shape index (κ2) is 4.34. The first-order valence-electron chi connectivity index (χ1n) is 3.87. The van der Waals surface area contributed by atoms with Gasteiger partial charge in [0.1, 0.15) is 5.69 Å². The Hall–Kier alpha value is -1.21. The molecule has 0 saturated heterocycles. The van der Waals surface area contributed by atoms with Gasteiger partial charge in [-0.05, 0) is 18.1 Å². The third-order valence-electron chi connectivity index (χ3n) is 1.83. The molecule has 0 aliphatic rings. The largest absolute Gasteiger partial charge is 0.281 e. The maximum atomic E-state index is 12.4. The number of nitriles is 1. The number of halogens is 3. The van der Waals surface area contributed by atoms with E-state index in [1.807, 2.05) is 6.07 Å². The van der Waals surface area contributed by atoms with Crippen molar-refractivity contribution in [3.8, 4) is 6.07 Å². The maximum absolute atomic E-state index is 12.4. The molecule has 74 valence electrons. The minimum absolute atomic E-state index is 0.0207. The molecule has 0 radical (unpaired) electrons. The minimum atomic E-state index is -2.71. The van der Waals surface area contributed by atoms with Gasteiger partial charge in [-0.1, -0.05) is 11.6 Å². The Bertz CT molecular complexity index is 385. The molecule has 0 unspecified atom stereocenters. The summed E-state index contributed by atoms with van der Waals surface area (Å²) >= 11 is 5.69. The van der Waals surface area contributed by atoms with E-state index in [2.05, 4.69) is 4.98 Å². The molecule has 0 aromatic carbocycles. The molecule has 0 saturated carbocycles. The zero-order valence-electron chi connectivity index (χ0n) is 7.39. The number of alkyl halides is 2. The van der Waals surface area contributed by atoms with E-state index in [1.54, 1.807) is 6.92 Å². The Kier molecular flexibility index (Phi) is 3.37. The van der Waals surface area contributed by atoms with Crippen molar-refractivity contribution < 1.29 is 8.78 Å². The van der Waals surface area contributed by atoms with Gasteiger partial charge in [0.25, 0.3) is 6.43 Å². The highest BCUT2D eigenvalue weighted by Gasteiger charge is 2.17. The van der Waals surface area contributed by atoms with Gasteiger partial charge in [-0.3, -0.25) is 4.98 Å². The van der Waals surface area contributed by atoms with Crippen LogP contribution in [0.1, 0.15) is 23.2 Å². The molecule has 1 heterocycles. The van der Waals surface area contributed by atoms with E-state index in [1.165, 1.54) is 6.20 Å². The molecular formula is C9H7ClF2N2. The summed E-state index contributed by atoms with van der Waals surface area (Å²) in [5.41, 5.74) is 0.628. The van der Waals surface area contributed by atoms with Crippen LogP contribution < -0.4 is 0 Å². The third-order valence-corrected chi connectivity index (χ3v) is 2.25. The van der Waals surface area contributed by atoms with Crippen LogP contribution in [0.15, 0.2) is 6.20 Å². The Morgan fingerprint density at radius 3 is 2.79 bits per heavy atom. The molecular weight excluding hydrogens is 210 g/mol. The van der Waals surface area contributed by atoms with Crippen LogP contribution in [0.25, 0.3) is 0 Å². The minimum Gasteiger partial charge on any atom is -0.253 e. The Morgan fingerprint density at radius 2 is 2.29 bits per heavy atom. The van der Waals surface area contributed by atoms with Crippen molar-refractivity contribution in [2.75, 3.05) is 0 Å². The summed E-state index contributed by atoms with van der Waals surface area (Å²) in [5.74, 6) is 0. The Balaban J connectivity index is 3.27. The number of nitrogens with zero attached hydrogens (tertiary/aromatic N) is 2. The molecule has 0 spiro atoms. The number of rotatable bonds is 2. The lowest BCUT2D eigenvalue weighted by Crippen LogP contribution is -1.98. The van der Waals surface area contributed by atoms with Crippen molar-refractivity contribution in [2.24, 2.45) is 0 Å². The molecule has 0 aliphatic carbocycles. The fourth-order valence-electron chi connectivity index (χ4n) is 1.08. The quantitative estimate of drug-likeness (QED) is 0.762. The zero-order chi connectivity index (χ0) is 10.7. The molecule has 1 aromatic rings. The molecule has 0 atom stereocenters. The lowest BCUT2D eigenvalue weighted by atomic mass is 10.1. The molecule has 5 heteroatoms. The highest BCUT2D eigenvalue weighted by Crippen LogP contribution is 2.29. The second-order valence-corrected chi connectivity index (χ2v) is 3.13. The van der Waals surface area contributed by atoms with Crippen molar-refractivity contribution in [3.05, 3.63) is 28.0 Å². The molecule has 0 amide bonds. The smallest absolute Gasteiger partial charge is 0.253 e. The number of hydrogen-bond donors (Lipinski definition) is 0. The monoisotopic (exact) mass is 216 g/mol. The van der Waals surface area contributed by atoms with Crippen LogP contribution in [0.2, 0.25) is 5.02 Å². The number of hydrogen-bond acceptors (Lipinski definition) is 2. The van der Waals surface area contributed by atoms with Gasteiger partial charge >= 0.3 is 0 Å². The standard InChI is InChI=1S/C9H7ClF2N2/c1-5-4-14-8(9(11)12)7(10)6(5)2-3-13/h4,9H,2H2,1H3. The first-order chi connectivity index (χ1) is 6.57. The highest BCUT2D eigenvalue weighted by molar-refractivity contribution is 6.32. The summed E-state index contributed by atoms with van der Waals surface area (Å²) in [6.45, 7) is 1.68. The highest BCUT2D eigenvalue weighted by atomic mass is 35.5. The fraction of sp³-hybridized carbons (Fsp3) is 0.333. The van der Waals surface area contributed by atoms with Gasteiger partial charge in [0.15, 0.2) is 0 Å². The van der Waals surface area contributed by atoms with E-state index in [0.717, 1.165) is 0 Å². The number of pyridine rings is 1. The maximum Gasteiger partial charge on any atom is 0.281 e. The second-order valence-electron chi connectivity index (χ2n) is 2.75. The normalized spacial score (nSPS) is 10.3. The summed E-state index contributed by atoms with van der Waals surface area (Å²) in [6.07, 6.45) is -1.38. The first-order valence-corrected chi connectivity index (χ1v) is 4.24. The molecule has 0 bridgehead atoms. The average Bonchev–Trinajstić information content (AvgIpc) is 2.11. The third kappa shape index (κ3) is 1.99. The van der Waals surface area contributed by atoms with Gasteiger partial charge in [0, 0.05) is 6.20 Å². The SMILES string of the molecule is Cc1cnc(C(F)F)c(Cl)c1CC#N. The predicted octanol–water partition coefficient (Wildman–Crippen LogP) is 3.05. The van der Waals surface area contributed by atoms with Crippen LogP contribution in [0.4, 0.5) is 8.78 Å². The van der Waals surface area contributed by atoms with Crippen molar-refractivity contribution in [3.63, 3.8) is 0 Å². The van der Waals surface area contributed by atoms with Crippen LogP contribution in [-0.2, 0) is 6.42 Å². The van der Waals surface area contributed by atoms with E-state index in [4.69, 9.17) is 16.9 Å². The summed E-state index contributed by atoms with van der Waals surface area (Å²) in [5, 5.41) is 8.39. The van der Waals surface area contributed by atoms with E-state index in [-0.39, 0.29) is 11.4 Å². The summed E-state index contributed by atoms with van der Waals surface area (Å²) in [4.78, 5) is 3.53. The van der Waals surface area contributed by atoms with E-state index in [9.17, 15) is 8.78 Å². The van der Waals surface area contributed by atoms with Gasteiger partial charge in [0.2, 0.25) is 0 Å². The summed E-state index contributed by atoms with van der Waals surface area (Å²) < 4.78 is 24.7. The molecule has 1 rings (SSSR count). The van der Waals surface area contributed by atoms with Crippen molar-refractivity contribution in [1.82, 2.24) is 4.98 Å². The van der Waals surface area contributed by atoms with Crippen LogP contribution in [0.5, 0.6) is 0 Å². The van der Waals surface area contributed by atoms with Crippen LogP contribution in [0, 0.1) is 18.3 Å². The lowest BCUT2D eigenvalue weighted by Gasteiger charge is -2.08. The van der Waals surface area contributed by atoms with E-state index < -0.39 is 12.1 Å². The van der Waals surface area contributed by atoms with E-state index in [0.29, 0.717) is 11.1 Å². The number of aryl methyl sites for hydroxylation is 1.